The summed E-state index contributed by atoms with van der Waals surface area (Å²) >= 11 is 0. The minimum absolute atomic E-state index is 0.0623. The van der Waals surface area contributed by atoms with Gasteiger partial charge in [-0.15, -0.1) is 0 Å². The third-order valence-electron chi connectivity index (χ3n) is 10.1. The second kappa shape index (κ2) is 20.8. The maximum atomic E-state index is 13.1. The van der Waals surface area contributed by atoms with Crippen molar-refractivity contribution in [2.75, 3.05) is 34.2 Å². The van der Waals surface area contributed by atoms with Gasteiger partial charge in [-0.05, 0) is 87.5 Å². The predicted octanol–water partition coefficient (Wildman–Crippen LogP) is 12.1. The van der Waals surface area contributed by atoms with Gasteiger partial charge in [-0.3, -0.25) is 27.7 Å². The van der Waals surface area contributed by atoms with Crippen molar-refractivity contribution < 1.29 is 36.8 Å². The smallest absolute Gasteiger partial charge is 0.332 e. The molecule has 0 saturated heterocycles. The number of carbonyl (C=O) groups excluding carboxylic acids is 2. The van der Waals surface area contributed by atoms with Crippen LogP contribution in [-0.4, -0.2) is 51.8 Å². The van der Waals surface area contributed by atoms with Crippen molar-refractivity contribution in [2.45, 2.75) is 88.2 Å². The van der Waals surface area contributed by atoms with Crippen LogP contribution in [0.4, 0.5) is 0 Å². The molecule has 8 nitrogen and oxygen atoms in total. The standard InChI is InChI=1S/C45H64O8P2/c1-32(21-17-23-34(3)25-27-39-36(5)42(46)38(29-44(39,7)8)31-54(14,48)50-11)19-15-16-20-33(2)22-18-24-35(4)26-28-40-37(6)43(47)41(30-45(40,9)10)53-55(49,51-12)52-13/h15-28,38,41H,29-31H2,1-14H3/b16-15+,21-17+,22-18+,27-25+,28-26+,32-19+,33-20+,34-23+,35-24+. The Morgan fingerprint density at radius 1 is 0.636 bits per heavy atom. The van der Waals surface area contributed by atoms with E-state index in [1.807, 2.05) is 127 Å². The van der Waals surface area contributed by atoms with Gasteiger partial charge in [-0.2, -0.15) is 0 Å². The number of phosphoric ester groups is 1. The molecule has 2 aliphatic rings. The molecule has 0 aromatic heterocycles. The van der Waals surface area contributed by atoms with E-state index in [4.69, 9.17) is 18.1 Å². The summed E-state index contributed by atoms with van der Waals surface area (Å²) in [4.78, 5) is 26.2. The first-order valence-electron chi connectivity index (χ1n) is 18.6. The average Bonchev–Trinajstić information content (AvgIpc) is 3.10. The number of Topliss-reactive ketones (excluding diaryl/α,β-unsaturated/α-hetero) is 2. The Morgan fingerprint density at radius 2 is 1.04 bits per heavy atom. The molecule has 0 heterocycles. The first kappa shape index (κ1) is 47.9. The van der Waals surface area contributed by atoms with Crippen LogP contribution in [-0.2, 0) is 36.8 Å². The van der Waals surface area contributed by atoms with E-state index in [0.717, 1.165) is 39.0 Å². The van der Waals surface area contributed by atoms with Crippen LogP contribution in [0.2, 0.25) is 0 Å². The molecule has 0 spiro atoms. The molecule has 0 amide bonds. The molecule has 55 heavy (non-hydrogen) atoms. The Balaban J connectivity index is 2.01. The van der Waals surface area contributed by atoms with Gasteiger partial charge in [0.2, 0.25) is 7.37 Å². The van der Waals surface area contributed by atoms with Crippen molar-refractivity contribution in [2.24, 2.45) is 16.7 Å². The van der Waals surface area contributed by atoms with Crippen molar-refractivity contribution in [3.05, 3.63) is 130 Å². The first-order chi connectivity index (χ1) is 25.5. The first-order valence-corrected chi connectivity index (χ1v) is 22.3. The summed E-state index contributed by atoms with van der Waals surface area (Å²) in [5.41, 5.74) is 6.92. The van der Waals surface area contributed by atoms with E-state index in [1.165, 1.54) is 21.3 Å². The van der Waals surface area contributed by atoms with Crippen LogP contribution >= 0.6 is 15.2 Å². The van der Waals surface area contributed by atoms with E-state index in [2.05, 4.69) is 19.9 Å². The lowest BCUT2D eigenvalue weighted by atomic mass is 9.68. The fraction of sp³-hybridized carbons (Fsp3) is 0.467. The molecule has 0 fully saturated rings. The number of hydrogen-bond donors (Lipinski definition) is 0. The lowest BCUT2D eigenvalue weighted by Crippen LogP contribution is -2.37. The number of ketones is 2. The number of rotatable bonds is 17. The maximum absolute atomic E-state index is 13.1. The van der Waals surface area contributed by atoms with Crippen LogP contribution in [0.15, 0.2) is 130 Å². The minimum Gasteiger partial charge on any atom is -0.332 e. The highest BCUT2D eigenvalue weighted by molar-refractivity contribution is 7.58. The summed E-state index contributed by atoms with van der Waals surface area (Å²) in [6.45, 7) is 21.7. The van der Waals surface area contributed by atoms with E-state index >= 15 is 0 Å². The summed E-state index contributed by atoms with van der Waals surface area (Å²) in [7, 11) is -2.67. The third-order valence-corrected chi connectivity index (χ3v) is 13.3. The zero-order valence-corrected chi connectivity index (χ0v) is 37.3. The zero-order chi connectivity index (χ0) is 41.8. The molecule has 10 heteroatoms. The molecule has 3 atom stereocenters. The molecule has 0 N–H and O–H groups in total. The second-order valence-corrected chi connectivity index (χ2v) is 20.5. The lowest BCUT2D eigenvalue weighted by Gasteiger charge is -2.37. The molecule has 0 aromatic carbocycles. The lowest BCUT2D eigenvalue weighted by molar-refractivity contribution is -0.125. The summed E-state index contributed by atoms with van der Waals surface area (Å²) in [5, 5.41) is 0. The Morgan fingerprint density at radius 3 is 1.47 bits per heavy atom. The average molecular weight is 795 g/mol. The normalized spacial score (nSPS) is 23.5. The van der Waals surface area contributed by atoms with E-state index in [9.17, 15) is 18.7 Å². The van der Waals surface area contributed by atoms with Gasteiger partial charge in [0.15, 0.2) is 11.6 Å². The third kappa shape index (κ3) is 14.7. The highest BCUT2D eigenvalue weighted by Gasteiger charge is 2.43. The van der Waals surface area contributed by atoms with Gasteiger partial charge in [0.25, 0.3) is 0 Å². The molecule has 0 aromatic rings. The Bertz CT molecular complexity index is 1880. The van der Waals surface area contributed by atoms with Gasteiger partial charge >= 0.3 is 7.82 Å². The van der Waals surface area contributed by atoms with Crippen LogP contribution < -0.4 is 0 Å². The highest BCUT2D eigenvalue weighted by atomic mass is 31.2. The zero-order valence-electron chi connectivity index (χ0n) is 35.5. The van der Waals surface area contributed by atoms with Crippen molar-refractivity contribution >= 4 is 26.8 Å². The molecule has 302 valence electrons. The number of carbonyl (C=O) groups is 2. The van der Waals surface area contributed by atoms with Gasteiger partial charge in [0.1, 0.15) is 6.10 Å². The largest absolute Gasteiger partial charge is 0.474 e. The van der Waals surface area contributed by atoms with Gasteiger partial charge in [-0.1, -0.05) is 135 Å². The van der Waals surface area contributed by atoms with E-state index in [1.54, 1.807) is 13.6 Å². The maximum Gasteiger partial charge on any atom is 0.474 e. The molecule has 2 rings (SSSR count). The molecule has 0 saturated carbocycles. The van der Waals surface area contributed by atoms with Gasteiger partial charge in [-0.25, -0.2) is 4.57 Å². The molecule has 2 aliphatic carbocycles. The van der Waals surface area contributed by atoms with Crippen molar-refractivity contribution in [1.29, 1.82) is 0 Å². The number of phosphoric acid groups is 1. The minimum atomic E-state index is -3.79. The molecular formula is C45H64O8P2. The van der Waals surface area contributed by atoms with Crippen molar-refractivity contribution in [3.8, 4) is 0 Å². The summed E-state index contributed by atoms with van der Waals surface area (Å²) < 4.78 is 45.5. The second-order valence-electron chi connectivity index (χ2n) is 15.9. The Labute approximate surface area is 331 Å². The molecular weight excluding hydrogens is 730 g/mol. The topological polar surface area (TPSA) is 105 Å². The van der Waals surface area contributed by atoms with E-state index in [0.29, 0.717) is 18.4 Å². The summed E-state index contributed by atoms with van der Waals surface area (Å²) in [6.07, 6.45) is 28.7. The van der Waals surface area contributed by atoms with E-state index < -0.39 is 26.7 Å². The summed E-state index contributed by atoms with van der Waals surface area (Å²) in [5.74, 6) is -0.452. The van der Waals surface area contributed by atoms with Gasteiger partial charge < -0.3 is 4.52 Å². The molecule has 0 radical (unpaired) electrons. The highest BCUT2D eigenvalue weighted by Crippen LogP contribution is 2.53. The van der Waals surface area contributed by atoms with Crippen molar-refractivity contribution in [1.82, 2.24) is 0 Å². The van der Waals surface area contributed by atoms with Gasteiger partial charge in [0, 0.05) is 40.1 Å². The van der Waals surface area contributed by atoms with Crippen LogP contribution in [0.1, 0.15) is 82.1 Å². The van der Waals surface area contributed by atoms with Crippen LogP contribution in [0.3, 0.4) is 0 Å². The fourth-order valence-corrected chi connectivity index (χ4v) is 8.86. The van der Waals surface area contributed by atoms with Crippen LogP contribution in [0.25, 0.3) is 0 Å². The Hall–Kier alpha value is -3.22. The van der Waals surface area contributed by atoms with Crippen molar-refractivity contribution in [3.63, 3.8) is 0 Å². The van der Waals surface area contributed by atoms with Crippen LogP contribution in [0.5, 0.6) is 0 Å². The number of allylic oxidation sites excluding steroid dienone is 21. The molecule has 0 bridgehead atoms. The molecule has 0 aliphatic heterocycles. The monoisotopic (exact) mass is 794 g/mol. The fourth-order valence-electron chi connectivity index (χ4n) is 6.81. The predicted molar refractivity (Wildman–Crippen MR) is 228 cm³/mol. The SMILES string of the molecule is COP(C)(=O)CC1CC(C)(C)C(/C=C/C(C)=C/C=C/C(C)=C/C=C/C=C(C)/C=C/C=C(C)/C=C/C2=C(C)C(=O)C(OP(=O)(OC)OC)CC2(C)C)=C(C)C1=O. The quantitative estimate of drug-likeness (QED) is 0.106. The molecule has 3 unspecified atom stereocenters. The van der Waals surface area contributed by atoms with Gasteiger partial charge in [0.05, 0.1) is 0 Å². The summed E-state index contributed by atoms with van der Waals surface area (Å²) in [6, 6.07) is 0. The van der Waals surface area contributed by atoms with E-state index in [-0.39, 0.29) is 29.1 Å². The Kier molecular flexibility index (Phi) is 18.1. The number of hydrogen-bond acceptors (Lipinski definition) is 8. The van der Waals surface area contributed by atoms with Crippen LogP contribution in [0, 0.1) is 16.7 Å².